The Morgan fingerprint density at radius 1 is 1.11 bits per heavy atom. The molecular weight excluding hydrogens is 464 g/mol. The Hall–Kier alpha value is -3.00. The Morgan fingerprint density at radius 2 is 1.74 bits per heavy atom. The minimum atomic E-state index is -0.952. The van der Waals surface area contributed by atoms with E-state index in [1.54, 1.807) is 0 Å². The summed E-state index contributed by atoms with van der Waals surface area (Å²) < 4.78 is 5.59. The van der Waals surface area contributed by atoms with Crippen LogP contribution in [-0.4, -0.2) is 57.8 Å². The van der Waals surface area contributed by atoms with Crippen molar-refractivity contribution in [2.75, 3.05) is 12.4 Å². The van der Waals surface area contributed by atoms with E-state index in [4.69, 9.17) is 4.74 Å². The highest BCUT2D eigenvalue weighted by atomic mass is 32.2. The second-order valence-electron chi connectivity index (χ2n) is 9.11. The third kappa shape index (κ3) is 5.48. The zero-order valence-corrected chi connectivity index (χ0v) is 20.9. The molecule has 186 valence electrons. The average Bonchev–Trinajstić information content (AvgIpc) is 3.42. The first kappa shape index (κ1) is 25.1. The highest BCUT2D eigenvalue weighted by molar-refractivity contribution is 8.00. The van der Waals surface area contributed by atoms with Gasteiger partial charge in [0.2, 0.25) is 5.91 Å². The molecule has 2 aromatic carbocycles. The first-order chi connectivity index (χ1) is 16.9. The Balaban J connectivity index is 1.24. The summed E-state index contributed by atoms with van der Waals surface area (Å²) >= 11 is 1.52. The van der Waals surface area contributed by atoms with E-state index >= 15 is 0 Å². The van der Waals surface area contributed by atoms with Gasteiger partial charge in [0.15, 0.2) is 0 Å². The van der Waals surface area contributed by atoms with E-state index in [9.17, 15) is 19.5 Å². The van der Waals surface area contributed by atoms with Crippen molar-refractivity contribution in [3.63, 3.8) is 0 Å². The van der Waals surface area contributed by atoms with Crippen LogP contribution in [0.3, 0.4) is 0 Å². The van der Waals surface area contributed by atoms with Crippen LogP contribution in [0.15, 0.2) is 48.5 Å². The molecule has 2 aliphatic rings. The number of ether oxygens (including phenoxy) is 1. The van der Waals surface area contributed by atoms with Gasteiger partial charge in [0.1, 0.15) is 12.6 Å². The van der Waals surface area contributed by atoms with Gasteiger partial charge in [0, 0.05) is 24.1 Å². The number of nitrogens with one attached hydrogen (secondary N) is 1. The fourth-order valence-corrected chi connectivity index (χ4v) is 6.37. The van der Waals surface area contributed by atoms with Crippen molar-refractivity contribution in [2.24, 2.45) is 0 Å². The summed E-state index contributed by atoms with van der Waals surface area (Å²) in [7, 11) is 0. The number of nitrogens with zero attached hydrogens (tertiary/aromatic N) is 1. The summed E-state index contributed by atoms with van der Waals surface area (Å²) in [5, 5.41) is 12.2. The molecule has 1 aliphatic carbocycles. The molecule has 0 aromatic heterocycles. The molecule has 0 saturated carbocycles. The number of aliphatic carboxylic acids is 1. The molecule has 1 aliphatic heterocycles. The quantitative estimate of drug-likeness (QED) is 0.515. The molecule has 4 rings (SSSR count). The predicted octanol–water partition coefficient (Wildman–Crippen LogP) is 4.85. The second-order valence-corrected chi connectivity index (χ2v) is 10.3. The number of carboxylic acids is 1. The molecule has 1 saturated heterocycles. The number of carbonyl (C=O) groups is 3. The number of carboxylic acid groups (broad SMARTS) is 1. The molecule has 2 amide bonds. The number of hydrogen-bond donors (Lipinski definition) is 2. The summed E-state index contributed by atoms with van der Waals surface area (Å²) in [6.45, 7) is 4.10. The van der Waals surface area contributed by atoms with Gasteiger partial charge < -0.3 is 20.1 Å². The van der Waals surface area contributed by atoms with Gasteiger partial charge in [-0.3, -0.25) is 4.79 Å². The lowest BCUT2D eigenvalue weighted by atomic mass is 9.98. The molecule has 3 atom stereocenters. The van der Waals surface area contributed by atoms with Crippen LogP contribution < -0.4 is 5.32 Å². The van der Waals surface area contributed by atoms with Gasteiger partial charge in [-0.2, -0.15) is 0 Å². The summed E-state index contributed by atoms with van der Waals surface area (Å²) in [6.07, 6.45) is 1.68. The number of benzene rings is 2. The Bertz CT molecular complexity index is 1050. The maximum atomic E-state index is 12.7. The fraction of sp³-hybridized carbons (Fsp3) is 0.444. The third-order valence-electron chi connectivity index (χ3n) is 6.75. The molecule has 3 unspecified atom stereocenters. The Labute approximate surface area is 210 Å². The first-order valence-electron chi connectivity index (χ1n) is 12.2. The molecule has 8 heteroatoms. The molecule has 2 aromatic rings. The topological polar surface area (TPSA) is 95.9 Å². The highest BCUT2D eigenvalue weighted by Crippen LogP contribution is 2.44. The second kappa shape index (κ2) is 11.2. The zero-order valence-electron chi connectivity index (χ0n) is 20.1. The monoisotopic (exact) mass is 496 g/mol. The van der Waals surface area contributed by atoms with Crippen LogP contribution in [0.25, 0.3) is 11.1 Å². The van der Waals surface area contributed by atoms with Crippen LogP contribution in [0.5, 0.6) is 0 Å². The minimum absolute atomic E-state index is 0.00750. The standard InChI is InChI=1S/C27H32N2O5S/c1-3-25-29(23(16-35-25)26(31)32)24(30)14-8-9-17(2)28-27(33)34-15-22-20-12-6-4-10-18(20)19-11-5-7-13-21(19)22/h4-7,10-13,17,22-23,25H,3,8-9,14-16H2,1-2H3,(H,28,33)(H,31,32). The molecule has 7 nitrogen and oxygen atoms in total. The number of hydrogen-bond acceptors (Lipinski definition) is 5. The summed E-state index contributed by atoms with van der Waals surface area (Å²) in [6, 6.07) is 15.5. The van der Waals surface area contributed by atoms with Gasteiger partial charge >= 0.3 is 12.1 Å². The Morgan fingerprint density at radius 3 is 2.34 bits per heavy atom. The maximum absolute atomic E-state index is 12.7. The molecular formula is C27H32N2O5S. The van der Waals surface area contributed by atoms with E-state index in [1.807, 2.05) is 38.1 Å². The van der Waals surface area contributed by atoms with E-state index in [0.717, 1.165) is 17.5 Å². The van der Waals surface area contributed by atoms with Gasteiger partial charge in [-0.1, -0.05) is 55.5 Å². The lowest BCUT2D eigenvalue weighted by Gasteiger charge is -2.27. The first-order valence-corrected chi connectivity index (χ1v) is 13.2. The van der Waals surface area contributed by atoms with Crippen LogP contribution in [0, 0.1) is 0 Å². The molecule has 0 bridgehead atoms. The molecule has 0 spiro atoms. The number of thioether (sulfide) groups is 1. The number of rotatable bonds is 9. The number of carbonyl (C=O) groups excluding carboxylic acids is 2. The molecule has 1 fully saturated rings. The van der Waals surface area contributed by atoms with E-state index in [-0.39, 0.29) is 36.3 Å². The third-order valence-corrected chi connectivity index (χ3v) is 8.20. The van der Waals surface area contributed by atoms with Crippen molar-refractivity contribution in [1.29, 1.82) is 0 Å². The largest absolute Gasteiger partial charge is 0.480 e. The maximum Gasteiger partial charge on any atom is 0.407 e. The van der Waals surface area contributed by atoms with Crippen LogP contribution >= 0.6 is 11.8 Å². The van der Waals surface area contributed by atoms with Gasteiger partial charge in [0.05, 0.1) is 5.37 Å². The van der Waals surface area contributed by atoms with Crippen molar-refractivity contribution in [3.05, 3.63) is 59.7 Å². The van der Waals surface area contributed by atoms with Gasteiger partial charge in [-0.15, -0.1) is 11.8 Å². The SMILES string of the molecule is CCC1SCC(C(=O)O)N1C(=O)CCCC(C)NC(=O)OCC1c2ccccc2-c2ccccc21. The Kier molecular flexibility index (Phi) is 8.00. The van der Waals surface area contributed by atoms with Gasteiger partial charge in [-0.25, -0.2) is 9.59 Å². The van der Waals surface area contributed by atoms with Crippen LogP contribution in [-0.2, 0) is 14.3 Å². The molecule has 2 N–H and O–H groups in total. The molecule has 0 radical (unpaired) electrons. The van der Waals surface area contributed by atoms with E-state index in [1.165, 1.54) is 27.8 Å². The van der Waals surface area contributed by atoms with E-state index in [0.29, 0.717) is 18.6 Å². The van der Waals surface area contributed by atoms with E-state index in [2.05, 4.69) is 29.6 Å². The van der Waals surface area contributed by atoms with Crippen molar-refractivity contribution in [3.8, 4) is 11.1 Å². The van der Waals surface area contributed by atoms with Crippen molar-refractivity contribution >= 4 is 29.7 Å². The summed E-state index contributed by atoms with van der Waals surface area (Å²) in [4.78, 5) is 38.2. The normalized spacial score (nSPS) is 19.7. The van der Waals surface area contributed by atoms with Gasteiger partial charge in [0.25, 0.3) is 0 Å². The average molecular weight is 497 g/mol. The van der Waals surface area contributed by atoms with Crippen LogP contribution in [0.2, 0.25) is 0 Å². The molecule has 35 heavy (non-hydrogen) atoms. The van der Waals surface area contributed by atoms with Gasteiger partial charge in [-0.05, 0) is 48.4 Å². The van der Waals surface area contributed by atoms with E-state index < -0.39 is 18.1 Å². The number of amides is 2. The van der Waals surface area contributed by atoms with Crippen molar-refractivity contribution in [1.82, 2.24) is 10.2 Å². The lowest BCUT2D eigenvalue weighted by Crippen LogP contribution is -2.45. The number of fused-ring (bicyclic) bond motifs is 3. The smallest absolute Gasteiger partial charge is 0.407 e. The minimum Gasteiger partial charge on any atom is -0.480 e. The van der Waals surface area contributed by atoms with Crippen molar-refractivity contribution < 1.29 is 24.2 Å². The van der Waals surface area contributed by atoms with Crippen molar-refractivity contribution in [2.45, 2.75) is 62.9 Å². The fourth-order valence-electron chi connectivity index (χ4n) is 5.00. The lowest BCUT2D eigenvalue weighted by molar-refractivity contribution is -0.149. The van der Waals surface area contributed by atoms with Crippen LogP contribution in [0.4, 0.5) is 4.79 Å². The zero-order chi connectivity index (χ0) is 24.9. The molecule has 1 heterocycles. The number of alkyl carbamates (subject to hydrolysis) is 1. The summed E-state index contributed by atoms with van der Waals surface area (Å²) in [5.74, 6) is -0.651. The summed E-state index contributed by atoms with van der Waals surface area (Å²) in [5.41, 5.74) is 4.69. The van der Waals surface area contributed by atoms with Crippen LogP contribution in [0.1, 0.15) is 56.6 Å². The predicted molar refractivity (Wildman–Crippen MR) is 136 cm³/mol. The highest BCUT2D eigenvalue weighted by Gasteiger charge is 2.40.